The van der Waals surface area contributed by atoms with Crippen molar-refractivity contribution in [2.45, 2.75) is 10.8 Å². The molecule has 90 valence electrons. The summed E-state index contributed by atoms with van der Waals surface area (Å²) in [6, 6.07) is 1.12. The van der Waals surface area contributed by atoms with E-state index in [2.05, 4.69) is 0 Å². The van der Waals surface area contributed by atoms with Gasteiger partial charge in [-0.25, -0.2) is 0 Å². The standard InChI is InChI=1S/C8H2Cl4F4/c9-5-1-3(7(11,13)14)6(10)2-4(5)8(12,15)16/h1-2H. The van der Waals surface area contributed by atoms with Gasteiger partial charge in [-0.15, -0.1) is 0 Å². The van der Waals surface area contributed by atoms with E-state index in [0.717, 1.165) is 0 Å². The lowest BCUT2D eigenvalue weighted by molar-refractivity contribution is 0.0908. The molecule has 0 nitrogen and oxygen atoms in total. The van der Waals surface area contributed by atoms with E-state index < -0.39 is 31.9 Å². The van der Waals surface area contributed by atoms with Crippen molar-refractivity contribution in [1.82, 2.24) is 0 Å². The Hall–Kier alpha value is 0.1000. The molecule has 1 aromatic rings. The predicted octanol–water partition coefficient (Wildman–Crippen LogP) is 5.57. The largest absolute Gasteiger partial charge is 0.349 e. The maximum absolute atomic E-state index is 12.7. The SMILES string of the molecule is FC(F)(Cl)c1cc(Cl)c(C(F)(F)Cl)cc1Cl. The number of alkyl halides is 6. The second kappa shape index (κ2) is 4.41. The van der Waals surface area contributed by atoms with Crippen molar-refractivity contribution >= 4 is 46.4 Å². The molecule has 0 radical (unpaired) electrons. The molecular formula is C8H2Cl4F4. The first-order valence-corrected chi connectivity index (χ1v) is 5.18. The van der Waals surface area contributed by atoms with Gasteiger partial charge < -0.3 is 0 Å². The van der Waals surface area contributed by atoms with Crippen LogP contribution in [0.5, 0.6) is 0 Å². The van der Waals surface area contributed by atoms with Gasteiger partial charge in [0.25, 0.3) is 0 Å². The van der Waals surface area contributed by atoms with Gasteiger partial charge in [-0.1, -0.05) is 23.2 Å². The van der Waals surface area contributed by atoms with Gasteiger partial charge in [0.15, 0.2) is 0 Å². The van der Waals surface area contributed by atoms with Gasteiger partial charge in [0, 0.05) is 0 Å². The Morgan fingerprint density at radius 3 is 1.19 bits per heavy atom. The van der Waals surface area contributed by atoms with E-state index >= 15 is 0 Å². The van der Waals surface area contributed by atoms with Crippen molar-refractivity contribution in [1.29, 1.82) is 0 Å². The summed E-state index contributed by atoms with van der Waals surface area (Å²) in [5, 5.41) is -8.86. The van der Waals surface area contributed by atoms with Crippen LogP contribution in [0.3, 0.4) is 0 Å². The molecule has 0 saturated heterocycles. The Bertz CT molecular complexity index is 368. The molecule has 0 aromatic heterocycles. The van der Waals surface area contributed by atoms with Crippen molar-refractivity contribution in [3.63, 3.8) is 0 Å². The second-order valence-electron chi connectivity index (χ2n) is 2.81. The minimum Gasteiger partial charge on any atom is -0.183 e. The van der Waals surface area contributed by atoms with Crippen LogP contribution in [-0.4, -0.2) is 0 Å². The summed E-state index contributed by atoms with van der Waals surface area (Å²) in [5.74, 6) is 0. The van der Waals surface area contributed by atoms with Gasteiger partial charge in [-0.05, 0) is 35.3 Å². The molecule has 16 heavy (non-hydrogen) atoms. The summed E-state index contributed by atoms with van der Waals surface area (Å²) < 4.78 is 50.9. The third-order valence-corrected chi connectivity index (χ3v) is 2.70. The second-order valence-corrected chi connectivity index (χ2v) is 4.57. The molecule has 0 spiro atoms. The summed E-state index contributed by atoms with van der Waals surface area (Å²) in [6.45, 7) is 0. The fraction of sp³-hybridized carbons (Fsp3) is 0.250. The Morgan fingerprint density at radius 2 is 1.00 bits per heavy atom. The molecule has 0 aliphatic rings. The topological polar surface area (TPSA) is 0 Å². The minimum absolute atomic E-state index is 0.558. The van der Waals surface area contributed by atoms with Crippen molar-refractivity contribution < 1.29 is 17.6 Å². The first-order chi connectivity index (χ1) is 7.03. The van der Waals surface area contributed by atoms with Gasteiger partial charge >= 0.3 is 10.8 Å². The lowest BCUT2D eigenvalue weighted by Gasteiger charge is -2.15. The van der Waals surface area contributed by atoms with E-state index in [1.54, 1.807) is 0 Å². The van der Waals surface area contributed by atoms with Crippen molar-refractivity contribution in [2.24, 2.45) is 0 Å². The number of halogens is 8. The van der Waals surface area contributed by atoms with Gasteiger partial charge in [0.1, 0.15) is 0 Å². The average Bonchev–Trinajstić information content (AvgIpc) is 2.04. The molecule has 0 saturated carbocycles. The van der Waals surface area contributed by atoms with Gasteiger partial charge in [0.05, 0.1) is 21.2 Å². The van der Waals surface area contributed by atoms with Crippen molar-refractivity contribution in [2.75, 3.05) is 0 Å². The Labute approximate surface area is 108 Å². The molecule has 1 rings (SSSR count). The van der Waals surface area contributed by atoms with Crippen LogP contribution in [0.15, 0.2) is 12.1 Å². The van der Waals surface area contributed by atoms with Gasteiger partial charge in [0.2, 0.25) is 0 Å². The van der Waals surface area contributed by atoms with E-state index in [1.165, 1.54) is 0 Å². The van der Waals surface area contributed by atoms with Crippen molar-refractivity contribution in [3.05, 3.63) is 33.3 Å². The highest BCUT2D eigenvalue weighted by Crippen LogP contribution is 2.44. The van der Waals surface area contributed by atoms with E-state index in [0.29, 0.717) is 12.1 Å². The third kappa shape index (κ3) is 3.06. The quantitative estimate of drug-likeness (QED) is 0.494. The predicted molar refractivity (Wildman–Crippen MR) is 56.0 cm³/mol. The molecule has 0 unspecified atom stereocenters. The van der Waals surface area contributed by atoms with Crippen LogP contribution >= 0.6 is 46.4 Å². The number of hydrogen-bond acceptors (Lipinski definition) is 0. The molecule has 0 atom stereocenters. The monoisotopic (exact) mass is 314 g/mol. The number of benzene rings is 1. The average molecular weight is 316 g/mol. The molecule has 0 aliphatic heterocycles. The molecule has 0 aliphatic carbocycles. The summed E-state index contributed by atoms with van der Waals surface area (Å²) in [7, 11) is 0. The van der Waals surface area contributed by atoms with Crippen LogP contribution in [0.25, 0.3) is 0 Å². The first kappa shape index (κ1) is 14.2. The maximum atomic E-state index is 12.7. The Morgan fingerprint density at radius 1 is 0.750 bits per heavy atom. The summed E-state index contributed by atoms with van der Waals surface area (Å²) in [4.78, 5) is 0. The number of hydrogen-bond donors (Lipinski definition) is 0. The van der Waals surface area contributed by atoms with Crippen LogP contribution < -0.4 is 0 Å². The highest BCUT2D eigenvalue weighted by atomic mass is 35.5. The smallest absolute Gasteiger partial charge is 0.183 e. The first-order valence-electron chi connectivity index (χ1n) is 3.67. The Kier molecular flexibility index (Phi) is 3.90. The molecular weight excluding hydrogens is 314 g/mol. The lowest BCUT2D eigenvalue weighted by Crippen LogP contribution is -2.09. The van der Waals surface area contributed by atoms with Crippen LogP contribution in [0, 0.1) is 0 Å². The summed E-state index contributed by atoms with van der Waals surface area (Å²) >= 11 is 20.2. The van der Waals surface area contributed by atoms with Gasteiger partial charge in [-0.3, -0.25) is 0 Å². The zero-order chi connectivity index (χ0) is 12.7. The zero-order valence-electron chi connectivity index (χ0n) is 7.18. The molecule has 0 fully saturated rings. The van der Waals surface area contributed by atoms with Crippen LogP contribution in [0.2, 0.25) is 10.0 Å². The fourth-order valence-electron chi connectivity index (χ4n) is 0.981. The Balaban J connectivity index is 3.40. The van der Waals surface area contributed by atoms with Gasteiger partial charge in [-0.2, -0.15) is 17.6 Å². The van der Waals surface area contributed by atoms with Crippen molar-refractivity contribution in [3.8, 4) is 0 Å². The molecule has 0 N–H and O–H groups in total. The highest BCUT2D eigenvalue weighted by Gasteiger charge is 2.36. The molecule has 1 aromatic carbocycles. The van der Waals surface area contributed by atoms with E-state index in [9.17, 15) is 17.6 Å². The zero-order valence-corrected chi connectivity index (χ0v) is 10.2. The summed E-state index contributed by atoms with van der Waals surface area (Å²) in [6.07, 6.45) is 0. The van der Waals surface area contributed by atoms with Crippen LogP contribution in [-0.2, 0) is 10.8 Å². The molecule has 0 bridgehead atoms. The minimum atomic E-state index is -3.79. The van der Waals surface area contributed by atoms with E-state index in [-0.39, 0.29) is 0 Å². The van der Waals surface area contributed by atoms with Crippen LogP contribution in [0.1, 0.15) is 11.1 Å². The molecule has 8 heteroatoms. The normalized spacial score (nSPS) is 13.0. The number of rotatable bonds is 2. The lowest BCUT2D eigenvalue weighted by atomic mass is 10.1. The van der Waals surface area contributed by atoms with Crippen LogP contribution in [0.4, 0.5) is 17.6 Å². The molecule has 0 amide bonds. The van der Waals surface area contributed by atoms with E-state index in [4.69, 9.17) is 46.4 Å². The maximum Gasteiger partial charge on any atom is 0.349 e. The molecule has 0 heterocycles. The summed E-state index contributed by atoms with van der Waals surface area (Å²) in [5.41, 5.74) is -1.71. The van der Waals surface area contributed by atoms with E-state index in [1.807, 2.05) is 0 Å². The third-order valence-electron chi connectivity index (χ3n) is 1.67. The fourth-order valence-corrected chi connectivity index (χ4v) is 1.96. The highest BCUT2D eigenvalue weighted by molar-refractivity contribution is 6.36.